The Morgan fingerprint density at radius 3 is 2.62 bits per heavy atom. The second-order valence-electron chi connectivity index (χ2n) is 4.08. The summed E-state index contributed by atoms with van der Waals surface area (Å²) in [5, 5.41) is 10.2. The average molecular weight is 217 g/mol. The maximum absolute atomic E-state index is 11.2. The fraction of sp³-hybridized carbons (Fsp3) is 0.308. The zero-order chi connectivity index (χ0) is 11.9. The minimum absolute atomic E-state index is 0.393. The van der Waals surface area contributed by atoms with Crippen molar-refractivity contribution in [1.82, 2.24) is 4.57 Å². The monoisotopic (exact) mass is 217 g/mol. The molecule has 0 aliphatic carbocycles. The summed E-state index contributed by atoms with van der Waals surface area (Å²) in [6, 6.07) is 5.86. The second-order valence-corrected chi connectivity index (χ2v) is 4.08. The highest BCUT2D eigenvalue weighted by atomic mass is 16.4. The molecule has 84 valence electrons. The van der Waals surface area contributed by atoms with Crippen LogP contribution in [0.3, 0.4) is 0 Å². The van der Waals surface area contributed by atoms with E-state index < -0.39 is 5.97 Å². The molecule has 1 heterocycles. The molecule has 0 aliphatic rings. The van der Waals surface area contributed by atoms with Gasteiger partial charge in [-0.15, -0.1) is 0 Å². The number of carbonyl (C=O) groups is 1. The van der Waals surface area contributed by atoms with E-state index in [1.54, 1.807) is 6.07 Å². The van der Waals surface area contributed by atoms with Crippen molar-refractivity contribution in [2.45, 2.75) is 20.3 Å². The number of fused-ring (bicyclic) bond motifs is 1. The van der Waals surface area contributed by atoms with Gasteiger partial charge >= 0.3 is 5.97 Å². The second kappa shape index (κ2) is 3.67. The van der Waals surface area contributed by atoms with E-state index in [1.807, 2.05) is 31.5 Å². The third kappa shape index (κ3) is 1.48. The van der Waals surface area contributed by atoms with Crippen LogP contribution in [0.4, 0.5) is 0 Å². The molecule has 3 heteroatoms. The van der Waals surface area contributed by atoms with E-state index in [0.717, 1.165) is 28.6 Å². The van der Waals surface area contributed by atoms with Gasteiger partial charge in [-0.05, 0) is 37.1 Å². The Balaban J connectivity index is 2.88. The lowest BCUT2D eigenvalue weighted by Crippen LogP contribution is -2.02. The van der Waals surface area contributed by atoms with Crippen LogP contribution in [-0.2, 0) is 13.5 Å². The normalized spacial score (nSPS) is 10.9. The van der Waals surface area contributed by atoms with Crippen molar-refractivity contribution in [3.63, 3.8) is 0 Å². The predicted octanol–water partition coefficient (Wildman–Crippen LogP) is 2.75. The highest BCUT2D eigenvalue weighted by Crippen LogP contribution is 2.24. The molecule has 0 atom stereocenters. The molecule has 0 aliphatic heterocycles. The van der Waals surface area contributed by atoms with Crippen molar-refractivity contribution in [3.05, 3.63) is 35.0 Å². The minimum Gasteiger partial charge on any atom is -0.478 e. The number of aromatic nitrogens is 1. The third-order valence-electron chi connectivity index (χ3n) is 3.07. The summed E-state index contributed by atoms with van der Waals surface area (Å²) in [4.78, 5) is 11.2. The lowest BCUT2D eigenvalue weighted by molar-refractivity contribution is 0.0698. The largest absolute Gasteiger partial charge is 0.478 e. The molecule has 0 bridgehead atoms. The molecule has 1 aromatic carbocycles. The Morgan fingerprint density at radius 2 is 2.06 bits per heavy atom. The first-order valence-corrected chi connectivity index (χ1v) is 5.36. The van der Waals surface area contributed by atoms with E-state index in [0.29, 0.717) is 5.56 Å². The summed E-state index contributed by atoms with van der Waals surface area (Å²) in [6.45, 7) is 4.01. The summed E-state index contributed by atoms with van der Waals surface area (Å²) < 4.78 is 1.93. The molecular formula is C13H15NO2. The summed E-state index contributed by atoms with van der Waals surface area (Å²) >= 11 is 0. The maximum atomic E-state index is 11.2. The van der Waals surface area contributed by atoms with Gasteiger partial charge in [0, 0.05) is 18.1 Å². The van der Waals surface area contributed by atoms with Crippen LogP contribution in [0.15, 0.2) is 18.2 Å². The van der Waals surface area contributed by atoms with Crippen molar-refractivity contribution in [2.75, 3.05) is 0 Å². The highest BCUT2D eigenvalue weighted by molar-refractivity contribution is 6.03. The summed E-state index contributed by atoms with van der Waals surface area (Å²) in [7, 11) is 1.90. The standard InChI is InChI=1S/C13H15NO2/c1-4-9-6-10-5-8(2)14(3)12(10)11(7-9)13(15)16/h5-7H,4H2,1-3H3,(H,15,16). The molecule has 16 heavy (non-hydrogen) atoms. The molecule has 0 unspecified atom stereocenters. The number of nitrogens with zero attached hydrogens (tertiary/aromatic N) is 1. The molecule has 2 rings (SSSR count). The van der Waals surface area contributed by atoms with Crippen LogP contribution in [-0.4, -0.2) is 15.6 Å². The van der Waals surface area contributed by atoms with Gasteiger partial charge in [0.15, 0.2) is 0 Å². The fourth-order valence-electron chi connectivity index (χ4n) is 2.07. The summed E-state index contributed by atoms with van der Waals surface area (Å²) in [5.74, 6) is -0.860. The van der Waals surface area contributed by atoms with Gasteiger partial charge in [0.1, 0.15) is 0 Å². The molecule has 2 aromatic rings. The SMILES string of the molecule is CCc1cc(C(=O)O)c2c(c1)cc(C)n2C. The van der Waals surface area contributed by atoms with Crippen molar-refractivity contribution in [1.29, 1.82) is 0 Å². The number of hydrogen-bond donors (Lipinski definition) is 1. The van der Waals surface area contributed by atoms with Crippen LogP contribution < -0.4 is 0 Å². The summed E-state index contributed by atoms with van der Waals surface area (Å²) in [6.07, 6.45) is 0.851. The van der Waals surface area contributed by atoms with Crippen LogP contribution >= 0.6 is 0 Å². The van der Waals surface area contributed by atoms with Crippen LogP contribution in [0.5, 0.6) is 0 Å². The molecule has 3 nitrogen and oxygen atoms in total. The van der Waals surface area contributed by atoms with Crippen LogP contribution in [0.25, 0.3) is 10.9 Å². The van der Waals surface area contributed by atoms with E-state index in [9.17, 15) is 9.90 Å². The molecule has 0 saturated heterocycles. The van der Waals surface area contributed by atoms with Gasteiger partial charge in [0.05, 0.1) is 11.1 Å². The first kappa shape index (κ1) is 10.7. The molecule has 0 amide bonds. The number of aromatic carboxylic acids is 1. The van der Waals surface area contributed by atoms with Crippen LogP contribution in [0.1, 0.15) is 28.5 Å². The van der Waals surface area contributed by atoms with Crippen molar-refractivity contribution >= 4 is 16.9 Å². The van der Waals surface area contributed by atoms with E-state index in [2.05, 4.69) is 6.07 Å². The number of carboxylic acid groups (broad SMARTS) is 1. The Morgan fingerprint density at radius 1 is 1.38 bits per heavy atom. The molecule has 0 radical (unpaired) electrons. The van der Waals surface area contributed by atoms with Gasteiger partial charge < -0.3 is 9.67 Å². The average Bonchev–Trinajstić information content (AvgIpc) is 2.53. The lowest BCUT2D eigenvalue weighted by atomic mass is 10.0. The topological polar surface area (TPSA) is 42.2 Å². The van der Waals surface area contributed by atoms with Gasteiger partial charge in [0.2, 0.25) is 0 Å². The third-order valence-corrected chi connectivity index (χ3v) is 3.07. The molecule has 0 spiro atoms. The minimum atomic E-state index is -0.860. The number of aryl methyl sites for hydroxylation is 3. The van der Waals surface area contributed by atoms with Gasteiger partial charge in [-0.25, -0.2) is 4.79 Å². The van der Waals surface area contributed by atoms with Gasteiger partial charge in [-0.2, -0.15) is 0 Å². The van der Waals surface area contributed by atoms with Crippen molar-refractivity contribution in [2.24, 2.45) is 7.05 Å². The van der Waals surface area contributed by atoms with E-state index >= 15 is 0 Å². The molecular weight excluding hydrogens is 202 g/mol. The quantitative estimate of drug-likeness (QED) is 0.840. The first-order chi connectivity index (χ1) is 7.54. The van der Waals surface area contributed by atoms with Gasteiger partial charge in [0.25, 0.3) is 0 Å². The zero-order valence-corrected chi connectivity index (χ0v) is 9.74. The maximum Gasteiger partial charge on any atom is 0.337 e. The van der Waals surface area contributed by atoms with E-state index in [-0.39, 0.29) is 0 Å². The lowest BCUT2D eigenvalue weighted by Gasteiger charge is -2.05. The van der Waals surface area contributed by atoms with E-state index in [4.69, 9.17) is 0 Å². The fourth-order valence-corrected chi connectivity index (χ4v) is 2.07. The first-order valence-electron chi connectivity index (χ1n) is 5.36. The molecule has 1 aromatic heterocycles. The van der Waals surface area contributed by atoms with Crippen LogP contribution in [0, 0.1) is 6.92 Å². The Kier molecular flexibility index (Phi) is 2.46. The predicted molar refractivity (Wildman–Crippen MR) is 64.0 cm³/mol. The molecule has 1 N–H and O–H groups in total. The Hall–Kier alpha value is -1.77. The van der Waals surface area contributed by atoms with Crippen molar-refractivity contribution < 1.29 is 9.90 Å². The van der Waals surface area contributed by atoms with Crippen LogP contribution in [0.2, 0.25) is 0 Å². The Labute approximate surface area is 94.3 Å². The van der Waals surface area contributed by atoms with Crippen molar-refractivity contribution in [3.8, 4) is 0 Å². The highest BCUT2D eigenvalue weighted by Gasteiger charge is 2.14. The van der Waals surface area contributed by atoms with Gasteiger partial charge in [-0.1, -0.05) is 6.92 Å². The molecule has 0 fully saturated rings. The van der Waals surface area contributed by atoms with E-state index in [1.165, 1.54) is 0 Å². The Bertz CT molecular complexity index is 567. The van der Waals surface area contributed by atoms with Gasteiger partial charge in [-0.3, -0.25) is 0 Å². The molecule has 0 saturated carbocycles. The number of carboxylic acids is 1. The number of hydrogen-bond acceptors (Lipinski definition) is 1. The zero-order valence-electron chi connectivity index (χ0n) is 9.74. The smallest absolute Gasteiger partial charge is 0.337 e. The summed E-state index contributed by atoms with van der Waals surface area (Å²) in [5.41, 5.74) is 3.34. The number of rotatable bonds is 2. The number of benzene rings is 1.